The molecule has 0 spiro atoms. The Morgan fingerprint density at radius 2 is 1.07 bits per heavy atom. The first-order valence-electron chi connectivity index (χ1n) is 32.4. The monoisotopic (exact) mass is 1290 g/mol. The molecule has 2 aliphatic rings. The first-order valence-corrected chi connectivity index (χ1v) is 32.4. The number of fused-ring (bicyclic) bond motifs is 6. The summed E-state index contributed by atoms with van der Waals surface area (Å²) in [6.07, 6.45) is 16.9. The highest BCUT2D eigenvalue weighted by Crippen LogP contribution is 2.51. The summed E-state index contributed by atoms with van der Waals surface area (Å²) in [4.78, 5) is 15.9. The van der Waals surface area contributed by atoms with Gasteiger partial charge < -0.3 is 57.4 Å². The van der Waals surface area contributed by atoms with Gasteiger partial charge in [0, 0.05) is 80.6 Å². The summed E-state index contributed by atoms with van der Waals surface area (Å²) >= 11 is 0. The van der Waals surface area contributed by atoms with Gasteiger partial charge >= 0.3 is 5.97 Å². The highest BCUT2D eigenvalue weighted by molar-refractivity contribution is 6.08. The molecule has 0 radical (unpaired) electrons. The molecular formula is C74H97N8O12+3. The molecule has 0 unspecified atom stereocenters. The van der Waals surface area contributed by atoms with Gasteiger partial charge in [0.1, 0.15) is 47.0 Å². The van der Waals surface area contributed by atoms with Gasteiger partial charge in [0.2, 0.25) is 5.69 Å². The topological polar surface area (TPSA) is 179 Å². The molecule has 2 aromatic heterocycles. The molecule has 20 heteroatoms. The van der Waals surface area contributed by atoms with Crippen molar-refractivity contribution in [2.45, 2.75) is 78.7 Å². The quantitative estimate of drug-likeness (QED) is 0.0220. The number of hydrogen-bond donors (Lipinski definition) is 1. The molecule has 0 amide bonds. The van der Waals surface area contributed by atoms with Crippen LogP contribution in [0.4, 0.5) is 11.4 Å². The van der Waals surface area contributed by atoms with Crippen LogP contribution in [0, 0.1) is 13.8 Å². The van der Waals surface area contributed by atoms with Crippen molar-refractivity contribution in [1.29, 1.82) is 0 Å². The number of nitrogens with zero attached hydrogens (tertiary/aromatic N) is 8. The molecule has 502 valence electrons. The van der Waals surface area contributed by atoms with E-state index in [0.717, 1.165) is 56.4 Å². The molecule has 0 atom stereocenters. The van der Waals surface area contributed by atoms with Gasteiger partial charge in [-0.3, -0.25) is 0 Å². The van der Waals surface area contributed by atoms with Crippen molar-refractivity contribution in [2.24, 2.45) is 14.1 Å². The van der Waals surface area contributed by atoms with Gasteiger partial charge in [-0.1, -0.05) is 91.7 Å². The predicted octanol–water partition coefficient (Wildman–Crippen LogP) is 9.39. The lowest BCUT2D eigenvalue weighted by molar-refractivity contribution is -0.740. The summed E-state index contributed by atoms with van der Waals surface area (Å²) in [7, 11) is 10.5. The molecule has 20 nitrogen and oxygen atoms in total. The third kappa shape index (κ3) is 17.3. The third-order valence-electron chi connectivity index (χ3n) is 17.4. The molecule has 0 saturated carbocycles. The fourth-order valence-corrected chi connectivity index (χ4v) is 12.8. The highest BCUT2D eigenvalue weighted by atomic mass is 16.6. The number of carboxylic acids is 1. The molecular weight excluding hydrogens is 1190 g/mol. The maximum atomic E-state index is 13.5. The number of methoxy groups -OCH3 is 4. The zero-order valence-corrected chi connectivity index (χ0v) is 57.2. The lowest BCUT2D eigenvalue weighted by Gasteiger charge is -2.27. The minimum atomic E-state index is -1.06. The molecule has 0 aliphatic carbocycles. The van der Waals surface area contributed by atoms with E-state index in [9.17, 15) is 9.90 Å². The Morgan fingerprint density at radius 3 is 1.60 bits per heavy atom. The number of carboxylic acid groups (broad SMARTS) is 1. The molecule has 4 heterocycles. The summed E-state index contributed by atoms with van der Waals surface area (Å²) in [5.74, 6) is -1.06. The van der Waals surface area contributed by atoms with Crippen LogP contribution < -0.4 is 14.3 Å². The van der Waals surface area contributed by atoms with Gasteiger partial charge in [-0.05, 0) is 96.3 Å². The molecule has 0 saturated heterocycles. The Kier molecular flexibility index (Phi) is 25.3. The van der Waals surface area contributed by atoms with Crippen LogP contribution in [0.1, 0.15) is 88.4 Å². The zero-order valence-electron chi connectivity index (χ0n) is 57.2. The maximum absolute atomic E-state index is 13.5. The number of aryl methyl sites for hydroxylation is 4. The summed E-state index contributed by atoms with van der Waals surface area (Å²) < 4.78 is 66.1. The number of carbonyl (C=O) groups is 1. The van der Waals surface area contributed by atoms with E-state index in [1.165, 1.54) is 43.8 Å². The number of aromatic carboxylic acids is 1. The van der Waals surface area contributed by atoms with E-state index < -0.39 is 16.8 Å². The van der Waals surface area contributed by atoms with Crippen molar-refractivity contribution in [3.8, 4) is 0 Å². The average molecular weight is 1290 g/mol. The number of allylic oxidation sites excluding steroid dienone is 8. The van der Waals surface area contributed by atoms with Gasteiger partial charge in [-0.2, -0.15) is 4.58 Å². The number of ether oxygens (including phenoxy) is 10. The summed E-state index contributed by atoms with van der Waals surface area (Å²) in [5, 5.41) is 25.8. The van der Waals surface area contributed by atoms with E-state index >= 15 is 0 Å². The van der Waals surface area contributed by atoms with E-state index in [1.54, 1.807) is 49.9 Å². The molecule has 0 fully saturated rings. The molecule has 94 heavy (non-hydrogen) atoms. The second-order valence-electron chi connectivity index (χ2n) is 24.9. The minimum Gasteiger partial charge on any atom is -0.478 e. The van der Waals surface area contributed by atoms with Crippen molar-refractivity contribution in [2.75, 3.05) is 139 Å². The van der Waals surface area contributed by atoms with E-state index in [2.05, 4.69) is 148 Å². The zero-order chi connectivity index (χ0) is 66.8. The van der Waals surface area contributed by atoms with Crippen LogP contribution in [0.5, 0.6) is 0 Å². The maximum Gasteiger partial charge on any atom is 0.335 e. The van der Waals surface area contributed by atoms with Crippen molar-refractivity contribution in [1.82, 2.24) is 19.8 Å². The lowest BCUT2D eigenvalue weighted by atomic mass is 9.79. The van der Waals surface area contributed by atoms with Crippen LogP contribution >= 0.6 is 0 Å². The molecule has 2 aliphatic heterocycles. The second-order valence-corrected chi connectivity index (χ2v) is 24.9. The number of aromatic nitrogens is 6. The second kappa shape index (κ2) is 33.7. The lowest BCUT2D eigenvalue weighted by Crippen LogP contribution is -2.36. The highest BCUT2D eigenvalue weighted by Gasteiger charge is 2.46. The normalized spacial score (nSPS) is 15.0. The number of hydrogen-bond acceptors (Lipinski definition) is 14. The Balaban J connectivity index is 1.15. The smallest absolute Gasteiger partial charge is 0.335 e. The van der Waals surface area contributed by atoms with Crippen LogP contribution in [0.3, 0.4) is 0 Å². The third-order valence-corrected chi connectivity index (χ3v) is 17.4. The Labute approximate surface area is 553 Å². The molecule has 7 aromatic rings. The van der Waals surface area contributed by atoms with Crippen molar-refractivity contribution < 1.29 is 71.2 Å². The van der Waals surface area contributed by atoms with Crippen LogP contribution in [-0.4, -0.2) is 175 Å². The predicted molar refractivity (Wildman–Crippen MR) is 363 cm³/mol. The molecule has 0 bridgehead atoms. The van der Waals surface area contributed by atoms with Gasteiger partial charge in [0.15, 0.2) is 36.0 Å². The van der Waals surface area contributed by atoms with E-state index in [-0.39, 0.29) is 31.9 Å². The first-order chi connectivity index (χ1) is 45.5. The largest absolute Gasteiger partial charge is 0.478 e. The Morgan fingerprint density at radius 1 is 0.574 bits per heavy atom. The fraction of sp³-hybridized carbons (Fsp3) is 0.459. The summed E-state index contributed by atoms with van der Waals surface area (Å²) in [5.41, 5.74) is 13.6. The first kappa shape index (κ1) is 70.7. The van der Waals surface area contributed by atoms with E-state index in [4.69, 9.17) is 57.8 Å². The van der Waals surface area contributed by atoms with E-state index in [1.807, 2.05) is 35.9 Å². The van der Waals surface area contributed by atoms with Gasteiger partial charge in [-0.15, -0.1) is 18.7 Å². The standard InChI is InChI=1S/C74H96N8O12/c1-53-19-23-63-56(43-53)21-25-65-70(63)73(3,4)67(81(65)27-29-85-9)17-13-15-55(16-14-18-68-74(5,6)71-64-24-20-54(2)44-57(64)22-26-66(71)82(68)28-30-86-10)69-59(47-79-49-61(77(7)75-79)51-93-41-39-91-37-35-89-33-31-87-11)45-58(72(83)84)46-60(69)48-80-50-62(78(8)76-80)52-94-42-40-92-38-36-90-34-32-88-12/h13-26,43-46,49-50H,27-42,47-48,51-52H2,1-12H3/q+2/p+1. The van der Waals surface area contributed by atoms with Gasteiger partial charge in [0.25, 0.3) is 0 Å². The molecule has 9 rings (SSSR count). The number of benzene rings is 5. The van der Waals surface area contributed by atoms with Crippen molar-refractivity contribution in [3.63, 3.8) is 0 Å². The van der Waals surface area contributed by atoms with Crippen LogP contribution in [0.2, 0.25) is 0 Å². The van der Waals surface area contributed by atoms with E-state index in [0.29, 0.717) is 106 Å². The Hall–Kier alpha value is -7.60. The summed E-state index contributed by atoms with van der Waals surface area (Å²) in [6.45, 7) is 22.2. The minimum absolute atomic E-state index is 0.127. The fourth-order valence-electron chi connectivity index (χ4n) is 12.8. The van der Waals surface area contributed by atoms with Gasteiger partial charge in [0.05, 0.1) is 107 Å². The van der Waals surface area contributed by atoms with Crippen LogP contribution in [-0.2, 0) is 98.6 Å². The van der Waals surface area contributed by atoms with Crippen molar-refractivity contribution >= 4 is 50.2 Å². The average Bonchev–Trinajstić information content (AvgIpc) is 1.57. The van der Waals surface area contributed by atoms with Crippen molar-refractivity contribution in [3.05, 3.63) is 183 Å². The number of rotatable bonds is 38. The SMILES string of the molecule is COCCOCCOCCOCc1cn(Cc2cc(C(=O)O)cc(Cn3cc(COCCOCCOCCOC)[n+](C)n3)c2C(=C\C=C\C2=[N+](CCOC)c3ccc4cc(C)ccc4c3C2(C)C)/C=C/C=C2/N(CCOC)c3ccc4cc(C)ccc4c3C2(C)C)n[n+]1C. The number of anilines is 1. The summed E-state index contributed by atoms with van der Waals surface area (Å²) in [6, 6.07) is 25.9. The van der Waals surface area contributed by atoms with Crippen LogP contribution in [0.15, 0.2) is 127 Å². The van der Waals surface area contributed by atoms with Gasteiger partial charge in [-0.25, -0.2) is 4.79 Å². The molecule has 5 aromatic carbocycles. The Bertz CT molecular complexity index is 3800. The molecule has 1 N–H and O–H groups in total. The van der Waals surface area contributed by atoms with Crippen LogP contribution in [0.25, 0.3) is 27.1 Å².